The Bertz CT molecular complexity index is 1390. The van der Waals surface area contributed by atoms with Crippen LogP contribution in [-0.2, 0) is 6.54 Å². The van der Waals surface area contributed by atoms with Crippen LogP contribution in [0.1, 0.15) is 57.2 Å². The van der Waals surface area contributed by atoms with Crippen LogP contribution in [0, 0.1) is 11.6 Å². The molecule has 0 bridgehead atoms. The standard InChI is InChI=1S/C23H15F4N5O3/c24-11-1-3-16(28-8-11)18(19(33)17-4-2-12(25)9-29-17)14-5-10-7-30-21(34)13(10)6-15(14)22-31-32-23(35-22)20(26)27/h1-6,8-9,18-20,33H,7H2,(H,30,34)/t18-,19+/m1/s1. The second kappa shape index (κ2) is 8.87. The van der Waals surface area contributed by atoms with Crippen LogP contribution in [0.3, 0.4) is 0 Å². The van der Waals surface area contributed by atoms with E-state index in [1.54, 1.807) is 6.07 Å². The molecule has 4 aromatic rings. The van der Waals surface area contributed by atoms with Crippen molar-refractivity contribution in [1.82, 2.24) is 25.5 Å². The fraction of sp³-hybridized carbons (Fsp3) is 0.174. The molecule has 4 heterocycles. The fourth-order valence-corrected chi connectivity index (χ4v) is 3.96. The molecule has 0 aliphatic carbocycles. The molecule has 0 saturated heterocycles. The number of hydrogen-bond acceptors (Lipinski definition) is 7. The highest BCUT2D eigenvalue weighted by molar-refractivity contribution is 5.99. The number of aromatic nitrogens is 4. The summed E-state index contributed by atoms with van der Waals surface area (Å²) in [6.45, 7) is 0.183. The number of rotatable bonds is 6. The third kappa shape index (κ3) is 4.23. The maximum Gasteiger partial charge on any atom is 0.314 e. The molecule has 1 amide bonds. The maximum atomic E-state index is 13.6. The summed E-state index contributed by atoms with van der Waals surface area (Å²) in [5.41, 5.74) is 1.47. The largest absolute Gasteiger partial charge is 0.415 e. The van der Waals surface area contributed by atoms with Gasteiger partial charge in [-0.25, -0.2) is 8.78 Å². The zero-order valence-corrected chi connectivity index (χ0v) is 17.6. The Morgan fingerprint density at radius 3 is 2.23 bits per heavy atom. The number of fused-ring (bicyclic) bond motifs is 1. The summed E-state index contributed by atoms with van der Waals surface area (Å²) in [5, 5.41) is 21.0. The quantitative estimate of drug-likeness (QED) is 0.399. The van der Waals surface area contributed by atoms with Crippen LogP contribution in [0.25, 0.3) is 11.5 Å². The molecule has 35 heavy (non-hydrogen) atoms. The van der Waals surface area contributed by atoms with Gasteiger partial charge in [0, 0.05) is 17.7 Å². The number of benzene rings is 1. The molecule has 2 N–H and O–H groups in total. The number of pyridine rings is 2. The van der Waals surface area contributed by atoms with Crippen molar-refractivity contribution in [2.45, 2.75) is 25.0 Å². The molecule has 0 unspecified atom stereocenters. The molecule has 8 nitrogen and oxygen atoms in total. The minimum absolute atomic E-state index is 0.0713. The molecule has 0 spiro atoms. The monoisotopic (exact) mass is 485 g/mol. The smallest absolute Gasteiger partial charge is 0.314 e. The van der Waals surface area contributed by atoms with Gasteiger partial charge in [0.05, 0.1) is 29.7 Å². The number of carbonyl (C=O) groups excluding carboxylic acids is 1. The number of nitrogens with one attached hydrogen (secondary N) is 1. The molecular formula is C23H15F4N5O3. The lowest BCUT2D eigenvalue weighted by Gasteiger charge is -2.25. The average molecular weight is 485 g/mol. The van der Waals surface area contributed by atoms with E-state index in [2.05, 4.69) is 25.5 Å². The first-order valence-electron chi connectivity index (χ1n) is 10.3. The Hall–Kier alpha value is -4.19. The van der Waals surface area contributed by atoms with Gasteiger partial charge in [-0.15, -0.1) is 10.2 Å². The van der Waals surface area contributed by atoms with Gasteiger partial charge in [-0.1, -0.05) is 6.07 Å². The van der Waals surface area contributed by atoms with E-state index in [1.807, 2.05) is 0 Å². The number of aliphatic hydroxyl groups is 1. The topological polar surface area (TPSA) is 114 Å². The van der Waals surface area contributed by atoms with Crippen LogP contribution in [0.5, 0.6) is 0 Å². The van der Waals surface area contributed by atoms with Gasteiger partial charge >= 0.3 is 6.43 Å². The summed E-state index contributed by atoms with van der Waals surface area (Å²) in [4.78, 5) is 20.3. The number of aliphatic hydroxyl groups excluding tert-OH is 1. The molecule has 2 atom stereocenters. The van der Waals surface area contributed by atoms with E-state index in [0.717, 1.165) is 24.5 Å². The van der Waals surface area contributed by atoms with E-state index in [0.29, 0.717) is 5.56 Å². The van der Waals surface area contributed by atoms with Gasteiger partial charge in [0.2, 0.25) is 5.89 Å². The third-order valence-corrected chi connectivity index (χ3v) is 5.59. The van der Waals surface area contributed by atoms with Gasteiger partial charge in [0.15, 0.2) is 0 Å². The Labute approximate surface area is 194 Å². The second-order valence-electron chi connectivity index (χ2n) is 7.75. The van der Waals surface area contributed by atoms with Crippen LogP contribution < -0.4 is 5.32 Å². The van der Waals surface area contributed by atoms with Crippen molar-refractivity contribution in [3.8, 4) is 11.5 Å². The summed E-state index contributed by atoms with van der Waals surface area (Å²) in [6, 6.07) is 7.84. The number of nitrogens with zero attached hydrogens (tertiary/aromatic N) is 4. The van der Waals surface area contributed by atoms with Crippen molar-refractivity contribution < 1.29 is 31.9 Å². The highest BCUT2D eigenvalue weighted by atomic mass is 19.3. The predicted octanol–water partition coefficient (Wildman–Crippen LogP) is 3.85. The predicted molar refractivity (Wildman–Crippen MR) is 111 cm³/mol. The van der Waals surface area contributed by atoms with Gasteiger partial charge < -0.3 is 14.8 Å². The molecule has 178 valence electrons. The molecule has 1 aliphatic rings. The van der Waals surface area contributed by atoms with Crippen LogP contribution in [0.4, 0.5) is 17.6 Å². The van der Waals surface area contributed by atoms with Gasteiger partial charge in [0.25, 0.3) is 11.8 Å². The number of carbonyl (C=O) groups is 1. The van der Waals surface area contributed by atoms with Crippen molar-refractivity contribution in [3.05, 3.63) is 94.4 Å². The van der Waals surface area contributed by atoms with E-state index < -0.39 is 41.9 Å². The van der Waals surface area contributed by atoms with Crippen molar-refractivity contribution in [3.63, 3.8) is 0 Å². The van der Waals surface area contributed by atoms with E-state index in [9.17, 15) is 27.5 Å². The van der Waals surface area contributed by atoms with Gasteiger partial charge in [0.1, 0.15) is 17.7 Å². The van der Waals surface area contributed by atoms with Crippen molar-refractivity contribution in [1.29, 1.82) is 0 Å². The van der Waals surface area contributed by atoms with Crippen LogP contribution in [0.15, 0.2) is 53.2 Å². The lowest BCUT2D eigenvalue weighted by atomic mass is 9.83. The number of amides is 1. The lowest BCUT2D eigenvalue weighted by molar-refractivity contribution is 0.0965. The van der Waals surface area contributed by atoms with Gasteiger partial charge in [-0.2, -0.15) is 8.78 Å². The minimum atomic E-state index is -3.03. The van der Waals surface area contributed by atoms with Crippen molar-refractivity contribution in [2.75, 3.05) is 0 Å². The molecule has 0 fully saturated rings. The van der Waals surface area contributed by atoms with Crippen LogP contribution >= 0.6 is 0 Å². The zero-order valence-electron chi connectivity index (χ0n) is 17.6. The Kier molecular flexibility index (Phi) is 5.73. The van der Waals surface area contributed by atoms with E-state index in [4.69, 9.17) is 4.42 Å². The molecule has 12 heteroatoms. The molecular weight excluding hydrogens is 470 g/mol. The van der Waals surface area contributed by atoms with E-state index in [-0.39, 0.29) is 40.5 Å². The van der Waals surface area contributed by atoms with Crippen LogP contribution in [0.2, 0.25) is 0 Å². The highest BCUT2D eigenvalue weighted by Crippen LogP contribution is 2.42. The van der Waals surface area contributed by atoms with Gasteiger partial charge in [-0.05, 0) is 41.5 Å². The maximum absolute atomic E-state index is 13.6. The Morgan fingerprint density at radius 2 is 1.63 bits per heavy atom. The first-order chi connectivity index (χ1) is 16.8. The summed E-state index contributed by atoms with van der Waals surface area (Å²) in [6.07, 6.45) is -2.59. The lowest BCUT2D eigenvalue weighted by Crippen LogP contribution is -2.17. The summed E-state index contributed by atoms with van der Waals surface area (Å²) in [5.74, 6) is -3.93. The van der Waals surface area contributed by atoms with Crippen LogP contribution in [-0.4, -0.2) is 31.2 Å². The summed E-state index contributed by atoms with van der Waals surface area (Å²) in [7, 11) is 0. The molecule has 1 aromatic carbocycles. The summed E-state index contributed by atoms with van der Waals surface area (Å²) < 4.78 is 58.5. The molecule has 1 aliphatic heterocycles. The first-order valence-corrected chi connectivity index (χ1v) is 10.3. The zero-order chi connectivity index (χ0) is 24.7. The highest BCUT2D eigenvalue weighted by Gasteiger charge is 2.34. The number of halogens is 4. The molecule has 3 aromatic heterocycles. The third-order valence-electron chi connectivity index (χ3n) is 5.59. The molecule has 0 saturated carbocycles. The number of hydrogen-bond donors (Lipinski definition) is 2. The normalized spacial score (nSPS) is 14.6. The Morgan fingerprint density at radius 1 is 0.943 bits per heavy atom. The van der Waals surface area contributed by atoms with Crippen molar-refractivity contribution in [2.24, 2.45) is 0 Å². The first kappa shape index (κ1) is 22.6. The van der Waals surface area contributed by atoms with Crippen molar-refractivity contribution >= 4 is 5.91 Å². The fourth-order valence-electron chi connectivity index (χ4n) is 3.96. The Balaban J connectivity index is 1.73. The minimum Gasteiger partial charge on any atom is -0.415 e. The second-order valence-corrected chi connectivity index (χ2v) is 7.75. The average Bonchev–Trinajstić information content (AvgIpc) is 3.48. The molecule has 0 radical (unpaired) electrons. The molecule has 5 rings (SSSR count). The SMILES string of the molecule is O=C1NCc2cc([C@H](c3ccc(F)cn3)[C@@H](O)c3ccc(F)cn3)c(-c3nnc(C(F)F)o3)cc21. The number of alkyl halides is 2. The van der Waals surface area contributed by atoms with E-state index in [1.165, 1.54) is 18.2 Å². The summed E-state index contributed by atoms with van der Waals surface area (Å²) >= 11 is 0. The van der Waals surface area contributed by atoms with Gasteiger partial charge in [-0.3, -0.25) is 14.8 Å². The van der Waals surface area contributed by atoms with E-state index >= 15 is 0 Å².